The van der Waals surface area contributed by atoms with Crippen LogP contribution in [0.15, 0.2) is 48.5 Å². The van der Waals surface area contributed by atoms with Gasteiger partial charge in [0, 0.05) is 13.1 Å². The van der Waals surface area contributed by atoms with Gasteiger partial charge in [-0.15, -0.1) is 0 Å². The van der Waals surface area contributed by atoms with E-state index in [1.54, 1.807) is 0 Å². The molecule has 1 heterocycles. The molecule has 0 unspecified atom stereocenters. The van der Waals surface area contributed by atoms with E-state index >= 15 is 0 Å². The van der Waals surface area contributed by atoms with Crippen molar-refractivity contribution in [1.82, 2.24) is 0 Å². The van der Waals surface area contributed by atoms with Gasteiger partial charge < -0.3 is 26.0 Å². The molecule has 1 aliphatic heterocycles. The van der Waals surface area contributed by atoms with E-state index in [1.165, 1.54) is 0 Å². The summed E-state index contributed by atoms with van der Waals surface area (Å²) in [7, 11) is 0. The Morgan fingerprint density at radius 1 is 0.640 bits per heavy atom. The number of carbonyl (C=O) groups excluding carboxylic acids is 2. The van der Waals surface area contributed by atoms with Crippen molar-refractivity contribution in [3.8, 4) is 0 Å². The van der Waals surface area contributed by atoms with Crippen LogP contribution in [0, 0.1) is 0 Å². The molecule has 0 aromatic heterocycles. The number of ether oxygens (including phenoxy) is 1. The molecular formula is C18H20N4O3. The zero-order chi connectivity index (χ0) is 17.5. The minimum Gasteiger partial charge on any atom is -0.382 e. The normalized spacial score (nSPS) is 15.8. The van der Waals surface area contributed by atoms with Gasteiger partial charge in [0.25, 0.3) is 0 Å². The molecule has 0 saturated carbocycles. The summed E-state index contributed by atoms with van der Waals surface area (Å²) < 4.78 is 5.20. The van der Waals surface area contributed by atoms with Gasteiger partial charge in [-0.2, -0.15) is 0 Å². The number of anilines is 4. The lowest BCUT2D eigenvalue weighted by molar-refractivity contribution is -0.125. The minimum atomic E-state index is -0.310. The topological polar surface area (TPSA) is 91.5 Å². The highest BCUT2D eigenvalue weighted by atomic mass is 16.5. The summed E-state index contributed by atoms with van der Waals surface area (Å²) in [6.45, 7) is 0.903. The third kappa shape index (κ3) is 4.71. The number of amides is 2. The number of hydrogen-bond acceptors (Lipinski definition) is 5. The molecule has 130 valence electrons. The lowest BCUT2D eigenvalue weighted by Gasteiger charge is -2.14. The van der Waals surface area contributed by atoms with Crippen molar-refractivity contribution in [2.45, 2.75) is 0 Å². The monoisotopic (exact) mass is 340 g/mol. The van der Waals surface area contributed by atoms with E-state index in [0.717, 1.165) is 11.4 Å². The van der Waals surface area contributed by atoms with Gasteiger partial charge in [-0.05, 0) is 24.3 Å². The second kappa shape index (κ2) is 8.16. The summed E-state index contributed by atoms with van der Waals surface area (Å²) in [5.41, 5.74) is 3.01. The number of para-hydroxylation sites is 4. The Morgan fingerprint density at radius 3 is 1.48 bits per heavy atom. The quantitative estimate of drug-likeness (QED) is 0.590. The predicted molar refractivity (Wildman–Crippen MR) is 97.9 cm³/mol. The molecule has 7 heteroatoms. The third-order valence-electron chi connectivity index (χ3n) is 3.62. The Kier molecular flexibility index (Phi) is 5.48. The van der Waals surface area contributed by atoms with Crippen LogP contribution in [0.25, 0.3) is 0 Å². The first-order valence-corrected chi connectivity index (χ1v) is 8.05. The number of benzene rings is 2. The molecule has 0 fully saturated rings. The molecule has 0 aliphatic carbocycles. The lowest BCUT2D eigenvalue weighted by atomic mass is 10.2. The van der Waals surface area contributed by atoms with E-state index in [0.29, 0.717) is 24.5 Å². The fourth-order valence-corrected chi connectivity index (χ4v) is 2.50. The molecule has 7 nitrogen and oxygen atoms in total. The average molecular weight is 340 g/mol. The van der Waals surface area contributed by atoms with E-state index in [1.807, 2.05) is 48.5 Å². The van der Waals surface area contributed by atoms with Gasteiger partial charge >= 0.3 is 0 Å². The smallest absolute Gasteiger partial charge is 0.250 e. The van der Waals surface area contributed by atoms with Crippen LogP contribution in [0.5, 0.6) is 0 Å². The zero-order valence-electron chi connectivity index (χ0n) is 13.7. The van der Waals surface area contributed by atoms with Gasteiger partial charge in [0.1, 0.15) is 13.2 Å². The number of carbonyl (C=O) groups is 2. The van der Waals surface area contributed by atoms with Crippen molar-refractivity contribution < 1.29 is 14.3 Å². The molecule has 1 aliphatic rings. The number of hydrogen-bond donors (Lipinski definition) is 4. The third-order valence-corrected chi connectivity index (χ3v) is 3.62. The largest absolute Gasteiger partial charge is 0.382 e. The summed E-state index contributed by atoms with van der Waals surface area (Å²) in [6.07, 6.45) is 0. The van der Waals surface area contributed by atoms with Crippen molar-refractivity contribution in [3.05, 3.63) is 48.5 Å². The summed E-state index contributed by atoms with van der Waals surface area (Å²) in [5.74, 6) is -0.620. The Hall–Kier alpha value is -3.06. The van der Waals surface area contributed by atoms with E-state index < -0.39 is 0 Å². The van der Waals surface area contributed by atoms with Crippen LogP contribution in [0.3, 0.4) is 0 Å². The van der Waals surface area contributed by atoms with Crippen LogP contribution >= 0.6 is 0 Å². The van der Waals surface area contributed by atoms with Gasteiger partial charge in [0.15, 0.2) is 0 Å². The summed E-state index contributed by atoms with van der Waals surface area (Å²) in [4.78, 5) is 24.0. The number of rotatable bonds is 0. The van der Waals surface area contributed by atoms with Crippen LogP contribution in [-0.2, 0) is 14.3 Å². The van der Waals surface area contributed by atoms with E-state index in [2.05, 4.69) is 21.3 Å². The molecular weight excluding hydrogens is 320 g/mol. The summed E-state index contributed by atoms with van der Waals surface area (Å²) >= 11 is 0. The first-order chi connectivity index (χ1) is 12.2. The minimum absolute atomic E-state index is 0.193. The Morgan fingerprint density at radius 2 is 1.04 bits per heavy atom. The highest BCUT2D eigenvalue weighted by Gasteiger charge is 2.11. The molecule has 0 radical (unpaired) electrons. The number of nitrogens with one attached hydrogen (secondary N) is 4. The van der Waals surface area contributed by atoms with Crippen molar-refractivity contribution in [3.63, 3.8) is 0 Å². The standard InChI is InChI=1S/C18H20N4O3/c23-17-11-25-12-18(24)22-16-8-4-2-6-14(16)20-10-9-19-13-5-1-3-7-15(13)21-17/h1-8,19-20H,9-12H2,(H,21,23)(H,22,24). The van der Waals surface area contributed by atoms with Crippen LogP contribution in [0.4, 0.5) is 22.7 Å². The molecule has 2 amide bonds. The Labute approximate surface area is 145 Å². The molecule has 0 spiro atoms. The van der Waals surface area contributed by atoms with Gasteiger partial charge in [-0.1, -0.05) is 24.3 Å². The molecule has 2 aromatic rings. The Balaban J connectivity index is 1.78. The van der Waals surface area contributed by atoms with Gasteiger partial charge in [-0.3, -0.25) is 9.59 Å². The van der Waals surface area contributed by atoms with Crippen LogP contribution in [-0.4, -0.2) is 38.1 Å². The molecule has 0 atom stereocenters. The first-order valence-electron chi connectivity index (χ1n) is 8.05. The average Bonchev–Trinajstić information content (AvgIpc) is 2.61. The maximum absolute atomic E-state index is 12.0. The highest BCUT2D eigenvalue weighted by Crippen LogP contribution is 2.22. The highest BCUT2D eigenvalue weighted by molar-refractivity contribution is 5.96. The van der Waals surface area contributed by atoms with Gasteiger partial charge in [-0.25, -0.2) is 0 Å². The fraction of sp³-hybridized carbons (Fsp3) is 0.222. The Bertz CT molecular complexity index is 700. The molecule has 2 aromatic carbocycles. The molecule has 25 heavy (non-hydrogen) atoms. The maximum atomic E-state index is 12.0. The van der Waals surface area contributed by atoms with E-state index in [-0.39, 0.29) is 25.0 Å². The fourth-order valence-electron chi connectivity index (χ4n) is 2.50. The van der Waals surface area contributed by atoms with E-state index in [4.69, 9.17) is 4.74 Å². The van der Waals surface area contributed by atoms with Crippen molar-refractivity contribution in [1.29, 1.82) is 0 Å². The van der Waals surface area contributed by atoms with Crippen LogP contribution in [0.2, 0.25) is 0 Å². The second-order valence-electron chi connectivity index (χ2n) is 5.53. The summed E-state index contributed by atoms with van der Waals surface area (Å²) in [5, 5.41) is 12.1. The lowest BCUT2D eigenvalue weighted by Crippen LogP contribution is -2.24. The first kappa shape index (κ1) is 16.8. The van der Waals surface area contributed by atoms with Crippen LogP contribution in [0.1, 0.15) is 0 Å². The van der Waals surface area contributed by atoms with Crippen molar-refractivity contribution >= 4 is 34.6 Å². The maximum Gasteiger partial charge on any atom is 0.250 e. The van der Waals surface area contributed by atoms with Crippen molar-refractivity contribution in [2.75, 3.05) is 47.6 Å². The number of fused-ring (bicyclic) bond motifs is 2. The molecule has 0 bridgehead atoms. The van der Waals surface area contributed by atoms with Gasteiger partial charge in [0.2, 0.25) is 11.8 Å². The molecule has 0 saturated heterocycles. The van der Waals surface area contributed by atoms with E-state index in [9.17, 15) is 9.59 Å². The van der Waals surface area contributed by atoms with Crippen molar-refractivity contribution in [2.24, 2.45) is 0 Å². The summed E-state index contributed by atoms with van der Waals surface area (Å²) in [6, 6.07) is 14.9. The molecule has 3 rings (SSSR count). The zero-order valence-corrected chi connectivity index (χ0v) is 13.7. The molecule has 4 N–H and O–H groups in total. The SMILES string of the molecule is O=C1COCC(=O)Nc2ccccc2NCCNc2ccccc2N1. The predicted octanol–water partition coefficient (Wildman–Crippen LogP) is 2.12. The van der Waals surface area contributed by atoms with Gasteiger partial charge in [0.05, 0.1) is 22.7 Å². The second-order valence-corrected chi connectivity index (χ2v) is 5.53. The van der Waals surface area contributed by atoms with Crippen LogP contribution < -0.4 is 21.3 Å².